The maximum Gasteiger partial charge on any atom is 0.349 e. The third-order valence-corrected chi connectivity index (χ3v) is 5.27. The normalized spacial score (nSPS) is 11.3. The molecule has 1 amide bonds. The van der Waals surface area contributed by atoms with E-state index in [0.29, 0.717) is 30.4 Å². The first-order valence-corrected chi connectivity index (χ1v) is 11.4. The monoisotopic (exact) mass is 465 g/mol. The Labute approximate surface area is 199 Å². The van der Waals surface area contributed by atoms with Gasteiger partial charge in [-0.3, -0.25) is 9.59 Å². The van der Waals surface area contributed by atoms with E-state index < -0.39 is 11.5 Å². The van der Waals surface area contributed by atoms with Gasteiger partial charge in [-0.1, -0.05) is 51.1 Å². The van der Waals surface area contributed by atoms with Crippen molar-refractivity contribution in [2.75, 3.05) is 19.8 Å². The average molecular weight is 466 g/mol. The van der Waals surface area contributed by atoms with Gasteiger partial charge in [-0.2, -0.15) is 0 Å². The summed E-state index contributed by atoms with van der Waals surface area (Å²) in [5, 5.41) is 3.32. The number of hydrogen-bond donors (Lipinski definition) is 1. The van der Waals surface area contributed by atoms with Gasteiger partial charge < -0.3 is 19.2 Å². The van der Waals surface area contributed by atoms with E-state index in [1.807, 2.05) is 12.1 Å². The molecule has 7 heteroatoms. The SMILES string of the molecule is CC(C)(C)c1ccc(OCCCC(=O)OCCCNC(=O)c2cc3ccccc3oc2=O)cc1. The number of amides is 1. The van der Waals surface area contributed by atoms with Crippen molar-refractivity contribution in [1.82, 2.24) is 5.32 Å². The smallest absolute Gasteiger partial charge is 0.349 e. The predicted molar refractivity (Wildman–Crippen MR) is 130 cm³/mol. The van der Waals surface area contributed by atoms with Crippen LogP contribution in [0.1, 0.15) is 56.0 Å². The van der Waals surface area contributed by atoms with Crippen LogP contribution in [0.2, 0.25) is 0 Å². The fourth-order valence-electron chi connectivity index (χ4n) is 3.31. The van der Waals surface area contributed by atoms with Gasteiger partial charge >= 0.3 is 11.6 Å². The number of benzene rings is 2. The maximum atomic E-state index is 12.3. The Morgan fingerprint density at radius 2 is 1.71 bits per heavy atom. The zero-order valence-electron chi connectivity index (χ0n) is 19.9. The van der Waals surface area contributed by atoms with Crippen molar-refractivity contribution in [2.45, 2.75) is 45.4 Å². The highest BCUT2D eigenvalue weighted by molar-refractivity contribution is 5.96. The zero-order valence-corrected chi connectivity index (χ0v) is 19.9. The quantitative estimate of drug-likeness (QED) is 0.267. The number of rotatable bonds is 10. The molecule has 1 heterocycles. The molecule has 0 saturated carbocycles. The van der Waals surface area contributed by atoms with Gasteiger partial charge in [0.2, 0.25) is 0 Å². The molecule has 180 valence electrons. The van der Waals surface area contributed by atoms with E-state index in [1.54, 1.807) is 24.3 Å². The van der Waals surface area contributed by atoms with Crippen LogP contribution in [-0.2, 0) is 14.9 Å². The number of hydrogen-bond acceptors (Lipinski definition) is 6. The summed E-state index contributed by atoms with van der Waals surface area (Å²) in [4.78, 5) is 36.2. The van der Waals surface area contributed by atoms with E-state index in [4.69, 9.17) is 13.9 Å². The molecule has 0 radical (unpaired) electrons. The fourth-order valence-corrected chi connectivity index (χ4v) is 3.31. The summed E-state index contributed by atoms with van der Waals surface area (Å²) in [5.41, 5.74) is 1.02. The summed E-state index contributed by atoms with van der Waals surface area (Å²) < 4.78 is 16.0. The standard InChI is InChI=1S/C27H31NO6/c1-27(2,3)20-11-13-21(14-12-20)32-16-6-10-24(29)33-17-7-15-28-25(30)22-18-19-8-4-5-9-23(19)34-26(22)31/h4-5,8-9,11-14,18H,6-7,10,15-17H2,1-3H3,(H,28,30). The number of carbonyl (C=O) groups is 2. The van der Waals surface area contributed by atoms with Crippen LogP contribution in [0.15, 0.2) is 63.8 Å². The second-order valence-corrected chi connectivity index (χ2v) is 9.04. The average Bonchev–Trinajstić information content (AvgIpc) is 2.80. The molecule has 0 saturated heterocycles. The van der Waals surface area contributed by atoms with Gasteiger partial charge in [-0.25, -0.2) is 4.79 Å². The second kappa shape index (κ2) is 11.5. The molecular formula is C27H31NO6. The maximum absolute atomic E-state index is 12.3. The van der Waals surface area contributed by atoms with Crippen molar-refractivity contribution in [2.24, 2.45) is 0 Å². The Morgan fingerprint density at radius 3 is 2.44 bits per heavy atom. The van der Waals surface area contributed by atoms with Crippen molar-refractivity contribution in [3.63, 3.8) is 0 Å². The summed E-state index contributed by atoms with van der Waals surface area (Å²) in [7, 11) is 0. The highest BCUT2D eigenvalue weighted by atomic mass is 16.5. The van der Waals surface area contributed by atoms with E-state index in [2.05, 4.69) is 38.2 Å². The van der Waals surface area contributed by atoms with Crippen molar-refractivity contribution in [3.8, 4) is 5.75 Å². The van der Waals surface area contributed by atoms with Crippen LogP contribution in [0.3, 0.4) is 0 Å². The molecule has 0 bridgehead atoms. The summed E-state index contributed by atoms with van der Waals surface area (Å²) >= 11 is 0. The fraction of sp³-hybridized carbons (Fsp3) is 0.370. The van der Waals surface area contributed by atoms with Crippen LogP contribution in [0.5, 0.6) is 5.75 Å². The Hall–Kier alpha value is -3.61. The summed E-state index contributed by atoms with van der Waals surface area (Å²) in [6, 6.07) is 16.5. The lowest BCUT2D eigenvalue weighted by Gasteiger charge is -2.19. The third-order valence-electron chi connectivity index (χ3n) is 5.27. The molecule has 34 heavy (non-hydrogen) atoms. The van der Waals surface area contributed by atoms with Crippen molar-refractivity contribution >= 4 is 22.8 Å². The third kappa shape index (κ3) is 7.20. The van der Waals surface area contributed by atoms with Gasteiger partial charge in [0.15, 0.2) is 0 Å². The molecule has 3 aromatic rings. The molecule has 0 aliphatic heterocycles. The highest BCUT2D eigenvalue weighted by Crippen LogP contribution is 2.24. The summed E-state index contributed by atoms with van der Waals surface area (Å²) in [6.45, 7) is 7.35. The highest BCUT2D eigenvalue weighted by Gasteiger charge is 2.14. The topological polar surface area (TPSA) is 94.8 Å². The number of para-hydroxylation sites is 1. The van der Waals surface area contributed by atoms with Gasteiger partial charge in [0.25, 0.3) is 5.91 Å². The van der Waals surface area contributed by atoms with Gasteiger partial charge in [0.05, 0.1) is 13.2 Å². The molecule has 1 aromatic heterocycles. The van der Waals surface area contributed by atoms with E-state index in [-0.39, 0.29) is 36.5 Å². The van der Waals surface area contributed by atoms with Gasteiger partial charge in [0, 0.05) is 18.4 Å². The van der Waals surface area contributed by atoms with E-state index in [1.165, 1.54) is 11.6 Å². The molecule has 0 spiro atoms. The largest absolute Gasteiger partial charge is 0.494 e. The number of fused-ring (bicyclic) bond motifs is 1. The number of esters is 1. The molecule has 1 N–H and O–H groups in total. The van der Waals surface area contributed by atoms with Gasteiger partial charge in [-0.15, -0.1) is 0 Å². The lowest BCUT2D eigenvalue weighted by molar-refractivity contribution is -0.143. The Bertz CT molecular complexity index is 1170. The van der Waals surface area contributed by atoms with E-state index >= 15 is 0 Å². The van der Waals surface area contributed by atoms with E-state index in [0.717, 1.165) is 5.75 Å². The predicted octanol–water partition coefficient (Wildman–Crippen LogP) is 4.61. The molecular weight excluding hydrogens is 434 g/mol. The summed E-state index contributed by atoms with van der Waals surface area (Å²) in [6.07, 6.45) is 1.24. The molecule has 0 aliphatic carbocycles. The van der Waals surface area contributed by atoms with Crippen LogP contribution >= 0.6 is 0 Å². The first-order valence-electron chi connectivity index (χ1n) is 11.4. The van der Waals surface area contributed by atoms with Crippen LogP contribution in [0.4, 0.5) is 0 Å². The number of nitrogens with one attached hydrogen (secondary N) is 1. The molecule has 0 unspecified atom stereocenters. The second-order valence-electron chi connectivity index (χ2n) is 9.04. The minimum absolute atomic E-state index is 0.0521. The minimum atomic E-state index is -0.685. The lowest BCUT2D eigenvalue weighted by Crippen LogP contribution is -2.29. The first kappa shape index (κ1) is 25.0. The van der Waals surface area contributed by atoms with Gasteiger partial charge in [-0.05, 0) is 48.1 Å². The van der Waals surface area contributed by atoms with Crippen molar-refractivity contribution in [3.05, 3.63) is 76.1 Å². The Morgan fingerprint density at radius 1 is 0.971 bits per heavy atom. The molecule has 2 aromatic carbocycles. The van der Waals surface area contributed by atoms with Crippen LogP contribution < -0.4 is 15.7 Å². The van der Waals surface area contributed by atoms with Gasteiger partial charge in [0.1, 0.15) is 16.9 Å². The Balaban J connectivity index is 1.29. The van der Waals surface area contributed by atoms with Crippen LogP contribution in [0, 0.1) is 0 Å². The Kier molecular flexibility index (Phi) is 8.46. The molecule has 0 atom stereocenters. The minimum Gasteiger partial charge on any atom is -0.494 e. The molecule has 7 nitrogen and oxygen atoms in total. The first-order chi connectivity index (χ1) is 16.2. The molecule has 0 fully saturated rings. The lowest BCUT2D eigenvalue weighted by atomic mass is 9.87. The number of ether oxygens (including phenoxy) is 2. The number of carbonyl (C=O) groups excluding carboxylic acids is 2. The van der Waals surface area contributed by atoms with Crippen molar-refractivity contribution in [1.29, 1.82) is 0 Å². The van der Waals surface area contributed by atoms with Crippen LogP contribution in [-0.4, -0.2) is 31.6 Å². The molecule has 3 rings (SSSR count). The van der Waals surface area contributed by atoms with Crippen LogP contribution in [0.25, 0.3) is 11.0 Å². The summed E-state index contributed by atoms with van der Waals surface area (Å²) in [5.74, 6) is -0.0516. The zero-order chi connectivity index (χ0) is 24.6. The molecule has 0 aliphatic rings. The van der Waals surface area contributed by atoms with E-state index in [9.17, 15) is 14.4 Å². The van der Waals surface area contributed by atoms with Crippen molar-refractivity contribution < 1.29 is 23.5 Å².